The van der Waals surface area contributed by atoms with Crippen molar-refractivity contribution in [1.82, 2.24) is 9.97 Å². The Morgan fingerprint density at radius 2 is 1.72 bits per heavy atom. The highest BCUT2D eigenvalue weighted by atomic mass is 79.9. The summed E-state index contributed by atoms with van der Waals surface area (Å²) in [4.78, 5) is 34.7. The van der Waals surface area contributed by atoms with E-state index < -0.39 is 18.5 Å². The molecular formula is C28H20BrN3O3S. The number of anilines is 1. The molecule has 0 saturated heterocycles. The Morgan fingerprint density at radius 1 is 0.917 bits per heavy atom. The van der Waals surface area contributed by atoms with Gasteiger partial charge in [0.25, 0.3) is 5.91 Å². The molecule has 0 aliphatic rings. The predicted molar refractivity (Wildman–Crippen MR) is 146 cm³/mol. The third-order valence-electron chi connectivity index (χ3n) is 5.49. The number of aryl methyl sites for hydroxylation is 1. The number of rotatable bonds is 6. The van der Waals surface area contributed by atoms with Gasteiger partial charge in [0.1, 0.15) is 0 Å². The van der Waals surface area contributed by atoms with Crippen molar-refractivity contribution < 1.29 is 14.3 Å². The maximum Gasteiger partial charge on any atom is 0.339 e. The largest absolute Gasteiger partial charge is 0.452 e. The molecule has 0 saturated carbocycles. The molecule has 0 radical (unpaired) electrons. The second kappa shape index (κ2) is 10.4. The summed E-state index contributed by atoms with van der Waals surface area (Å²) in [5.74, 6) is -1.06. The number of pyridine rings is 1. The molecule has 5 aromatic rings. The molecule has 0 atom stereocenters. The van der Waals surface area contributed by atoms with Crippen molar-refractivity contribution in [1.29, 1.82) is 0 Å². The molecule has 5 rings (SSSR count). The molecule has 1 amide bonds. The number of thiazole rings is 1. The smallest absolute Gasteiger partial charge is 0.339 e. The lowest BCUT2D eigenvalue weighted by molar-refractivity contribution is -0.119. The molecule has 6 nitrogen and oxygen atoms in total. The maximum atomic E-state index is 13.0. The second-order valence-electron chi connectivity index (χ2n) is 8.11. The van der Waals surface area contributed by atoms with Gasteiger partial charge in [-0.15, -0.1) is 11.3 Å². The van der Waals surface area contributed by atoms with Crippen LogP contribution in [0.5, 0.6) is 0 Å². The number of carbonyl (C=O) groups is 2. The molecule has 2 heterocycles. The SMILES string of the molecule is Cc1ccc(-c2csc(NC(=O)COC(=O)c3cc(-c4cccc(Br)c4)nc4ccccc34)n2)cc1. The van der Waals surface area contributed by atoms with Gasteiger partial charge >= 0.3 is 5.97 Å². The lowest BCUT2D eigenvalue weighted by Gasteiger charge is -2.10. The fourth-order valence-corrected chi connectivity index (χ4v) is 4.83. The van der Waals surface area contributed by atoms with Gasteiger partial charge in [0.05, 0.1) is 22.5 Å². The van der Waals surface area contributed by atoms with Gasteiger partial charge in [-0.25, -0.2) is 14.8 Å². The number of amides is 1. The van der Waals surface area contributed by atoms with Crippen molar-refractivity contribution >= 4 is 55.2 Å². The van der Waals surface area contributed by atoms with Crippen molar-refractivity contribution in [2.24, 2.45) is 0 Å². The van der Waals surface area contributed by atoms with Gasteiger partial charge in [0.15, 0.2) is 11.7 Å². The Balaban J connectivity index is 1.30. The van der Waals surface area contributed by atoms with Crippen LogP contribution in [0.1, 0.15) is 15.9 Å². The lowest BCUT2D eigenvalue weighted by Crippen LogP contribution is -2.21. The van der Waals surface area contributed by atoms with Crippen molar-refractivity contribution in [2.75, 3.05) is 11.9 Å². The number of esters is 1. The summed E-state index contributed by atoms with van der Waals surface area (Å²) in [6.45, 7) is 1.59. The van der Waals surface area contributed by atoms with E-state index in [1.807, 2.05) is 85.1 Å². The Bertz CT molecular complexity index is 1580. The first kappa shape index (κ1) is 23.8. The van der Waals surface area contributed by atoms with E-state index in [2.05, 4.69) is 26.2 Å². The van der Waals surface area contributed by atoms with Crippen LogP contribution in [0.2, 0.25) is 0 Å². The summed E-state index contributed by atoms with van der Waals surface area (Å²) < 4.78 is 6.28. The molecule has 0 unspecified atom stereocenters. The zero-order chi connectivity index (χ0) is 25.1. The number of carbonyl (C=O) groups excluding carboxylic acids is 2. The van der Waals surface area contributed by atoms with E-state index in [0.29, 0.717) is 27.3 Å². The quantitative estimate of drug-likeness (QED) is 0.230. The van der Waals surface area contributed by atoms with E-state index in [1.165, 1.54) is 11.3 Å². The molecule has 0 spiro atoms. The molecule has 1 N–H and O–H groups in total. The first-order valence-corrected chi connectivity index (χ1v) is 12.8. The average molecular weight is 558 g/mol. The summed E-state index contributed by atoms with van der Waals surface area (Å²) in [6.07, 6.45) is 0. The number of nitrogens with one attached hydrogen (secondary N) is 1. The van der Waals surface area contributed by atoms with E-state index in [1.54, 1.807) is 6.07 Å². The minimum Gasteiger partial charge on any atom is -0.452 e. The third-order valence-corrected chi connectivity index (χ3v) is 6.74. The Morgan fingerprint density at radius 3 is 2.53 bits per heavy atom. The number of aromatic nitrogens is 2. The molecule has 0 aliphatic carbocycles. The molecule has 0 fully saturated rings. The number of halogens is 1. The van der Waals surface area contributed by atoms with E-state index in [9.17, 15) is 9.59 Å². The van der Waals surface area contributed by atoms with Gasteiger partial charge in [-0.2, -0.15) is 0 Å². The van der Waals surface area contributed by atoms with E-state index >= 15 is 0 Å². The van der Waals surface area contributed by atoms with Crippen LogP contribution in [0.25, 0.3) is 33.4 Å². The maximum absolute atomic E-state index is 13.0. The van der Waals surface area contributed by atoms with Crippen LogP contribution in [-0.2, 0) is 9.53 Å². The second-order valence-corrected chi connectivity index (χ2v) is 9.88. The summed E-state index contributed by atoms with van der Waals surface area (Å²) in [5.41, 5.74) is 5.41. The molecule has 0 bridgehead atoms. The molecular weight excluding hydrogens is 538 g/mol. The summed E-state index contributed by atoms with van der Waals surface area (Å²) in [6, 6.07) is 24.7. The third kappa shape index (κ3) is 5.35. The minimum atomic E-state index is -0.598. The van der Waals surface area contributed by atoms with Crippen LogP contribution in [0.3, 0.4) is 0 Å². The van der Waals surface area contributed by atoms with Crippen LogP contribution >= 0.6 is 27.3 Å². The van der Waals surface area contributed by atoms with Crippen LogP contribution in [0.15, 0.2) is 88.7 Å². The van der Waals surface area contributed by atoms with Gasteiger partial charge in [0, 0.05) is 26.4 Å². The highest BCUT2D eigenvalue weighted by Crippen LogP contribution is 2.28. The van der Waals surface area contributed by atoms with Gasteiger partial charge < -0.3 is 4.74 Å². The predicted octanol–water partition coefficient (Wildman–Crippen LogP) is 6.89. The monoisotopic (exact) mass is 557 g/mol. The van der Waals surface area contributed by atoms with Crippen molar-refractivity contribution in [3.05, 3.63) is 99.8 Å². The molecule has 178 valence electrons. The van der Waals surface area contributed by atoms with Crippen LogP contribution < -0.4 is 5.32 Å². The van der Waals surface area contributed by atoms with Gasteiger partial charge in [-0.1, -0.05) is 76.1 Å². The number of ether oxygens (including phenoxy) is 1. The summed E-state index contributed by atoms with van der Waals surface area (Å²) >= 11 is 4.79. The molecule has 36 heavy (non-hydrogen) atoms. The van der Waals surface area contributed by atoms with Gasteiger partial charge in [0.2, 0.25) is 0 Å². The van der Waals surface area contributed by atoms with E-state index in [-0.39, 0.29) is 0 Å². The molecule has 0 aliphatic heterocycles. The highest BCUT2D eigenvalue weighted by Gasteiger charge is 2.17. The lowest BCUT2D eigenvalue weighted by atomic mass is 10.0. The van der Waals surface area contributed by atoms with Gasteiger partial charge in [-0.3, -0.25) is 10.1 Å². The number of para-hydroxylation sites is 1. The number of benzene rings is 3. The van der Waals surface area contributed by atoms with Crippen LogP contribution in [0, 0.1) is 6.92 Å². The first-order chi connectivity index (χ1) is 17.5. The topological polar surface area (TPSA) is 81.2 Å². The number of fused-ring (bicyclic) bond motifs is 1. The molecule has 8 heteroatoms. The Labute approximate surface area is 220 Å². The number of nitrogens with zero attached hydrogens (tertiary/aromatic N) is 2. The molecule has 3 aromatic carbocycles. The van der Waals surface area contributed by atoms with Crippen molar-refractivity contribution in [3.63, 3.8) is 0 Å². The van der Waals surface area contributed by atoms with Crippen molar-refractivity contribution in [2.45, 2.75) is 6.92 Å². The summed E-state index contributed by atoms with van der Waals surface area (Å²) in [5, 5.41) is 5.68. The Hall–Kier alpha value is -3.88. The fraction of sp³-hybridized carbons (Fsp3) is 0.0714. The number of hydrogen-bond acceptors (Lipinski definition) is 6. The minimum absolute atomic E-state index is 0.347. The fourth-order valence-electron chi connectivity index (χ4n) is 3.69. The van der Waals surface area contributed by atoms with Crippen LogP contribution in [0.4, 0.5) is 5.13 Å². The Kier molecular flexibility index (Phi) is 6.88. The highest BCUT2D eigenvalue weighted by molar-refractivity contribution is 9.10. The normalized spacial score (nSPS) is 10.8. The number of hydrogen-bond donors (Lipinski definition) is 1. The molecule has 2 aromatic heterocycles. The average Bonchev–Trinajstić information content (AvgIpc) is 3.35. The first-order valence-electron chi connectivity index (χ1n) is 11.1. The summed E-state index contributed by atoms with van der Waals surface area (Å²) in [7, 11) is 0. The zero-order valence-corrected chi connectivity index (χ0v) is 21.6. The van der Waals surface area contributed by atoms with Gasteiger partial charge in [-0.05, 0) is 31.2 Å². The zero-order valence-electron chi connectivity index (χ0n) is 19.2. The standard InChI is InChI=1S/C28H20BrN3O3S/c1-17-9-11-18(12-10-17)25-16-36-28(31-25)32-26(33)15-35-27(34)22-14-24(19-5-4-6-20(29)13-19)30-23-8-3-2-7-21(22)23/h2-14,16H,15H2,1H3,(H,31,32,33). The van der Waals surface area contributed by atoms with Crippen molar-refractivity contribution in [3.8, 4) is 22.5 Å². The van der Waals surface area contributed by atoms with Crippen LogP contribution in [-0.4, -0.2) is 28.5 Å². The van der Waals surface area contributed by atoms with E-state index in [0.717, 1.165) is 26.9 Å². The van der Waals surface area contributed by atoms with E-state index in [4.69, 9.17) is 9.72 Å².